The summed E-state index contributed by atoms with van der Waals surface area (Å²) in [5, 5.41) is 10.9. The fourth-order valence-corrected chi connectivity index (χ4v) is 4.02. The highest BCUT2D eigenvalue weighted by Crippen LogP contribution is 2.37. The second-order valence-corrected chi connectivity index (χ2v) is 7.15. The molecule has 1 atom stereocenters. The van der Waals surface area contributed by atoms with E-state index in [4.69, 9.17) is 11.6 Å². The van der Waals surface area contributed by atoms with Crippen LogP contribution in [0.1, 0.15) is 23.3 Å². The van der Waals surface area contributed by atoms with Gasteiger partial charge in [-0.15, -0.1) is 11.3 Å². The summed E-state index contributed by atoms with van der Waals surface area (Å²) >= 11 is 7.49. The van der Waals surface area contributed by atoms with Crippen LogP contribution >= 0.6 is 22.9 Å². The lowest BCUT2D eigenvalue weighted by Gasteiger charge is -2.38. The van der Waals surface area contributed by atoms with Crippen molar-refractivity contribution in [3.63, 3.8) is 0 Å². The molecule has 1 aliphatic heterocycles. The van der Waals surface area contributed by atoms with E-state index in [1.807, 2.05) is 18.2 Å². The molecule has 1 N–H and O–H groups in total. The number of piperidine rings is 1. The Morgan fingerprint density at radius 2 is 2.00 bits per heavy atom. The third kappa shape index (κ3) is 3.07. The molecule has 3 rings (SSSR count). The standard InChI is InChI=1S/C16H18ClNOS/c17-15-8-7-14(20-15)16(19)9-4-10-18(12-16)11-13-5-2-1-3-6-13/h1-3,5-8,19H,4,9-12H2. The Labute approximate surface area is 128 Å². The van der Waals surface area contributed by atoms with Gasteiger partial charge in [0.15, 0.2) is 0 Å². The number of benzene rings is 1. The molecule has 0 aliphatic carbocycles. The predicted octanol–water partition coefficient (Wildman–Crippen LogP) is 3.89. The Hall–Kier alpha value is -0.870. The van der Waals surface area contributed by atoms with E-state index in [1.165, 1.54) is 16.9 Å². The fraction of sp³-hybridized carbons (Fsp3) is 0.375. The zero-order chi connectivity index (χ0) is 14.0. The lowest BCUT2D eigenvalue weighted by atomic mass is 9.91. The molecule has 1 aliphatic rings. The van der Waals surface area contributed by atoms with Crippen molar-refractivity contribution in [2.45, 2.75) is 25.0 Å². The van der Waals surface area contributed by atoms with Crippen molar-refractivity contribution >= 4 is 22.9 Å². The highest BCUT2D eigenvalue weighted by Gasteiger charge is 2.36. The number of nitrogens with zero attached hydrogens (tertiary/aromatic N) is 1. The minimum absolute atomic E-state index is 0.679. The first-order valence-corrected chi connectivity index (χ1v) is 8.10. The molecule has 1 fully saturated rings. The SMILES string of the molecule is OC1(c2ccc(Cl)s2)CCCN(Cc2ccccc2)C1. The predicted molar refractivity (Wildman–Crippen MR) is 84.2 cm³/mol. The number of aliphatic hydroxyl groups is 1. The van der Waals surface area contributed by atoms with Gasteiger partial charge in [0.2, 0.25) is 0 Å². The molecule has 0 spiro atoms. The van der Waals surface area contributed by atoms with Crippen molar-refractivity contribution in [1.82, 2.24) is 4.90 Å². The normalized spacial score (nSPS) is 23.9. The lowest BCUT2D eigenvalue weighted by molar-refractivity contribution is -0.0353. The molecule has 0 radical (unpaired) electrons. The Bertz CT molecular complexity index is 571. The summed E-state index contributed by atoms with van der Waals surface area (Å²) in [4.78, 5) is 3.31. The maximum atomic E-state index is 10.9. The van der Waals surface area contributed by atoms with Crippen LogP contribution in [0.15, 0.2) is 42.5 Å². The van der Waals surface area contributed by atoms with Crippen molar-refractivity contribution in [3.8, 4) is 0 Å². The zero-order valence-electron chi connectivity index (χ0n) is 11.3. The van der Waals surface area contributed by atoms with Crippen molar-refractivity contribution in [3.05, 3.63) is 57.2 Å². The average molecular weight is 308 g/mol. The zero-order valence-corrected chi connectivity index (χ0v) is 12.8. The van der Waals surface area contributed by atoms with Gasteiger partial charge in [-0.2, -0.15) is 0 Å². The quantitative estimate of drug-likeness (QED) is 0.930. The smallest absolute Gasteiger partial charge is 0.111 e. The van der Waals surface area contributed by atoms with E-state index in [0.717, 1.165) is 35.1 Å². The summed E-state index contributed by atoms with van der Waals surface area (Å²) in [6.45, 7) is 2.61. The number of hydrogen-bond acceptors (Lipinski definition) is 3. The summed E-state index contributed by atoms with van der Waals surface area (Å²) in [6, 6.07) is 14.2. The first-order chi connectivity index (χ1) is 9.66. The van der Waals surface area contributed by atoms with Crippen LogP contribution in [0.4, 0.5) is 0 Å². The molecule has 0 bridgehead atoms. The summed E-state index contributed by atoms with van der Waals surface area (Å²) < 4.78 is 0.744. The van der Waals surface area contributed by atoms with Gasteiger partial charge in [0.05, 0.1) is 4.34 Å². The number of β-amino-alcohol motifs (C(OH)–C–C–N with tert-alkyl or cyclic N) is 1. The van der Waals surface area contributed by atoms with Gasteiger partial charge in [0, 0.05) is 18.0 Å². The van der Waals surface area contributed by atoms with E-state index in [0.29, 0.717) is 6.54 Å². The van der Waals surface area contributed by atoms with Crippen LogP contribution in [0, 0.1) is 0 Å². The van der Waals surface area contributed by atoms with E-state index in [2.05, 4.69) is 29.2 Å². The largest absolute Gasteiger partial charge is 0.383 e. The van der Waals surface area contributed by atoms with Gasteiger partial charge in [0.25, 0.3) is 0 Å². The molecular weight excluding hydrogens is 290 g/mol. The first-order valence-electron chi connectivity index (χ1n) is 6.90. The Balaban J connectivity index is 1.73. The van der Waals surface area contributed by atoms with Gasteiger partial charge in [-0.1, -0.05) is 41.9 Å². The summed E-state index contributed by atoms with van der Waals surface area (Å²) in [5.41, 5.74) is 0.547. The second-order valence-electron chi connectivity index (χ2n) is 5.44. The van der Waals surface area contributed by atoms with E-state index in [1.54, 1.807) is 0 Å². The second kappa shape index (κ2) is 5.86. The third-order valence-corrected chi connectivity index (χ3v) is 5.26. The van der Waals surface area contributed by atoms with Gasteiger partial charge in [-0.05, 0) is 37.1 Å². The Morgan fingerprint density at radius 3 is 2.70 bits per heavy atom. The molecule has 1 aromatic carbocycles. The van der Waals surface area contributed by atoms with Crippen molar-refractivity contribution < 1.29 is 5.11 Å². The topological polar surface area (TPSA) is 23.5 Å². The molecule has 2 heterocycles. The number of thiophene rings is 1. The average Bonchev–Trinajstić information content (AvgIpc) is 2.88. The van der Waals surface area contributed by atoms with Gasteiger partial charge < -0.3 is 5.11 Å². The van der Waals surface area contributed by atoms with Gasteiger partial charge in [-0.3, -0.25) is 4.90 Å². The molecule has 0 saturated carbocycles. The molecule has 20 heavy (non-hydrogen) atoms. The van der Waals surface area contributed by atoms with Crippen LogP contribution in [0.2, 0.25) is 4.34 Å². The highest BCUT2D eigenvalue weighted by atomic mass is 35.5. The summed E-state index contributed by atoms with van der Waals surface area (Å²) in [6.07, 6.45) is 1.83. The summed E-state index contributed by atoms with van der Waals surface area (Å²) in [7, 11) is 0. The minimum Gasteiger partial charge on any atom is -0.383 e. The van der Waals surface area contributed by atoms with Gasteiger partial charge >= 0.3 is 0 Å². The third-order valence-electron chi connectivity index (χ3n) is 3.83. The molecule has 0 amide bonds. The van der Waals surface area contributed by atoms with Crippen molar-refractivity contribution in [2.24, 2.45) is 0 Å². The van der Waals surface area contributed by atoms with Crippen LogP contribution in [0.25, 0.3) is 0 Å². The van der Waals surface area contributed by atoms with Crippen LogP contribution in [-0.4, -0.2) is 23.1 Å². The Morgan fingerprint density at radius 1 is 1.20 bits per heavy atom. The van der Waals surface area contributed by atoms with Crippen LogP contribution < -0.4 is 0 Å². The molecule has 4 heteroatoms. The Kier molecular flexibility index (Phi) is 4.13. The molecule has 2 aromatic rings. The maximum absolute atomic E-state index is 10.9. The van der Waals surface area contributed by atoms with E-state index < -0.39 is 5.60 Å². The van der Waals surface area contributed by atoms with Gasteiger partial charge in [0.1, 0.15) is 5.60 Å². The number of rotatable bonds is 3. The molecule has 106 valence electrons. The van der Waals surface area contributed by atoms with Crippen LogP contribution in [0.3, 0.4) is 0 Å². The molecule has 2 nitrogen and oxygen atoms in total. The van der Waals surface area contributed by atoms with Gasteiger partial charge in [-0.25, -0.2) is 0 Å². The van der Waals surface area contributed by atoms with E-state index in [9.17, 15) is 5.11 Å². The number of halogens is 1. The van der Waals surface area contributed by atoms with Crippen molar-refractivity contribution in [1.29, 1.82) is 0 Å². The molecule has 1 saturated heterocycles. The van der Waals surface area contributed by atoms with Crippen LogP contribution in [0.5, 0.6) is 0 Å². The number of likely N-dealkylation sites (tertiary alicyclic amines) is 1. The fourth-order valence-electron chi connectivity index (χ4n) is 2.87. The molecule has 1 unspecified atom stereocenters. The first kappa shape index (κ1) is 14.1. The maximum Gasteiger partial charge on any atom is 0.111 e. The number of hydrogen-bond donors (Lipinski definition) is 1. The van der Waals surface area contributed by atoms with E-state index >= 15 is 0 Å². The molecular formula is C16H18ClNOS. The molecule has 1 aromatic heterocycles. The minimum atomic E-state index is -0.745. The van der Waals surface area contributed by atoms with Crippen LogP contribution in [-0.2, 0) is 12.1 Å². The highest BCUT2D eigenvalue weighted by molar-refractivity contribution is 7.16. The monoisotopic (exact) mass is 307 g/mol. The van der Waals surface area contributed by atoms with E-state index in [-0.39, 0.29) is 0 Å². The summed E-state index contributed by atoms with van der Waals surface area (Å²) in [5.74, 6) is 0. The van der Waals surface area contributed by atoms with Crippen molar-refractivity contribution in [2.75, 3.05) is 13.1 Å². The lowest BCUT2D eigenvalue weighted by Crippen LogP contribution is -2.45.